The molecule has 0 amide bonds. The number of imidazole rings is 1. The Balaban J connectivity index is 0.000000340. The van der Waals surface area contributed by atoms with E-state index in [1.54, 1.807) is 6.20 Å². The number of para-hydroxylation sites is 2. The van der Waals surface area contributed by atoms with E-state index in [0.29, 0.717) is 0 Å². The zero-order chi connectivity index (χ0) is 41.0. The summed E-state index contributed by atoms with van der Waals surface area (Å²) < 4.78 is 8.97. The minimum absolute atomic E-state index is 0. The van der Waals surface area contributed by atoms with Crippen molar-refractivity contribution >= 4 is 22.0 Å². The van der Waals surface area contributed by atoms with Gasteiger partial charge in [0.1, 0.15) is 5.76 Å². The van der Waals surface area contributed by atoms with Crippen LogP contribution in [-0.4, -0.2) is 14.5 Å². The van der Waals surface area contributed by atoms with Crippen LogP contribution < -0.4 is 0 Å². The normalized spacial score (nSPS) is 11.1. The van der Waals surface area contributed by atoms with Gasteiger partial charge >= 0.3 is 0 Å². The van der Waals surface area contributed by atoms with Gasteiger partial charge in [-0.3, -0.25) is 4.98 Å². The van der Waals surface area contributed by atoms with Crippen molar-refractivity contribution in [3.05, 3.63) is 211 Å². The fourth-order valence-corrected chi connectivity index (χ4v) is 7.91. The van der Waals surface area contributed by atoms with E-state index in [1.807, 2.05) is 60.7 Å². The molecule has 0 saturated heterocycles. The first-order valence-corrected chi connectivity index (χ1v) is 20.6. The third kappa shape index (κ3) is 8.54. The molecule has 0 aliphatic heterocycles. The summed E-state index contributed by atoms with van der Waals surface area (Å²) in [6.45, 7) is 9.15. The van der Waals surface area contributed by atoms with Crippen molar-refractivity contribution in [3.63, 3.8) is 0 Å². The smallest absolute Gasteiger partial charge is 0.123 e. The van der Waals surface area contributed by atoms with Crippen LogP contribution in [0.1, 0.15) is 50.7 Å². The standard InChI is InChI=1S/C45H37N2O.C11H8N.Ir/c1-29(2)36-24-34(31-16-8-5-9-17-31)25-37(30(3)4)44(36)47-41-23-15-14-22-40(41)46-45(47)35-26-38(32-18-10-6-11-19-32)39-28-42(48-43(39)27-35)33-20-12-7-13-21-33;1-2-6-10(7-3-1)11-8-4-5-9-12-11;/h5-26,28-30H,1-4H3;1-6,8-9H;/q2*-1;. The molecule has 10 rings (SSSR count). The summed E-state index contributed by atoms with van der Waals surface area (Å²) >= 11 is 0. The van der Waals surface area contributed by atoms with Crippen LogP contribution in [0.5, 0.6) is 0 Å². The van der Waals surface area contributed by atoms with Crippen molar-refractivity contribution in [1.82, 2.24) is 14.5 Å². The minimum Gasteiger partial charge on any atom is -0.477 e. The average molecular weight is 968 g/mol. The van der Waals surface area contributed by atoms with Crippen LogP contribution in [0, 0.1) is 12.1 Å². The van der Waals surface area contributed by atoms with E-state index in [2.05, 4.69) is 171 Å². The molecule has 0 unspecified atom stereocenters. The van der Waals surface area contributed by atoms with Crippen molar-refractivity contribution in [2.75, 3.05) is 0 Å². The first-order chi connectivity index (χ1) is 29.4. The molecule has 61 heavy (non-hydrogen) atoms. The summed E-state index contributed by atoms with van der Waals surface area (Å²) in [5.74, 6) is 2.23. The fraction of sp³-hybridized carbons (Fsp3) is 0.107. The second-order valence-corrected chi connectivity index (χ2v) is 15.6. The monoisotopic (exact) mass is 968 g/mol. The van der Waals surface area contributed by atoms with Gasteiger partial charge in [-0.1, -0.05) is 160 Å². The Bertz CT molecular complexity index is 2940. The van der Waals surface area contributed by atoms with Gasteiger partial charge in [-0.15, -0.1) is 47.5 Å². The maximum atomic E-state index is 6.59. The SMILES string of the molecule is CC(C)c1cc(-c2ccccc2)cc(C(C)C)c1-n1c(-c2[c-]c3oc(-c4ccccc4)cc3c(-c3ccccc3)c2)nc2ccccc21.[Ir].[c-]1ccccc1-c1ccccn1. The third-order valence-corrected chi connectivity index (χ3v) is 10.9. The second kappa shape index (κ2) is 18.3. The van der Waals surface area contributed by atoms with E-state index in [4.69, 9.17) is 9.40 Å². The van der Waals surface area contributed by atoms with E-state index in [-0.39, 0.29) is 31.9 Å². The Kier molecular flexibility index (Phi) is 12.3. The molecule has 0 aliphatic carbocycles. The van der Waals surface area contributed by atoms with E-state index in [9.17, 15) is 0 Å². The van der Waals surface area contributed by atoms with Gasteiger partial charge < -0.3 is 14.0 Å². The number of rotatable bonds is 8. The molecule has 0 spiro atoms. The van der Waals surface area contributed by atoms with Gasteiger partial charge in [0.25, 0.3) is 0 Å². The van der Waals surface area contributed by atoms with Gasteiger partial charge in [0, 0.05) is 37.6 Å². The van der Waals surface area contributed by atoms with Gasteiger partial charge in [0.15, 0.2) is 0 Å². The minimum atomic E-state index is 0. The van der Waals surface area contributed by atoms with Gasteiger partial charge in [-0.2, -0.15) is 0 Å². The number of fused-ring (bicyclic) bond motifs is 2. The molecule has 0 atom stereocenters. The van der Waals surface area contributed by atoms with Crippen molar-refractivity contribution in [1.29, 1.82) is 0 Å². The summed E-state index contributed by atoms with van der Waals surface area (Å²) in [6.07, 6.45) is 1.79. The van der Waals surface area contributed by atoms with Crippen LogP contribution in [0.15, 0.2) is 193 Å². The second-order valence-electron chi connectivity index (χ2n) is 15.6. The van der Waals surface area contributed by atoms with Crippen molar-refractivity contribution < 1.29 is 24.5 Å². The zero-order valence-corrected chi connectivity index (χ0v) is 37.0. The summed E-state index contributed by atoms with van der Waals surface area (Å²) in [5.41, 5.74) is 15.1. The Morgan fingerprint density at radius 1 is 0.557 bits per heavy atom. The van der Waals surface area contributed by atoms with Gasteiger partial charge in [0.05, 0.1) is 22.4 Å². The number of aromatic nitrogens is 3. The Morgan fingerprint density at radius 3 is 1.79 bits per heavy atom. The number of pyridine rings is 1. The van der Waals surface area contributed by atoms with E-state index in [1.165, 1.54) is 27.9 Å². The van der Waals surface area contributed by atoms with Crippen molar-refractivity contribution in [2.45, 2.75) is 39.5 Å². The number of furan rings is 1. The predicted molar refractivity (Wildman–Crippen MR) is 248 cm³/mol. The third-order valence-electron chi connectivity index (χ3n) is 10.9. The van der Waals surface area contributed by atoms with Gasteiger partial charge in [-0.05, 0) is 81.7 Å². The quantitative estimate of drug-likeness (QED) is 0.143. The Hall–Kier alpha value is -6.65. The topological polar surface area (TPSA) is 43.9 Å². The molecular weight excluding hydrogens is 923 g/mol. The molecule has 0 saturated carbocycles. The van der Waals surface area contributed by atoms with E-state index in [0.717, 1.165) is 67.1 Å². The number of hydrogen-bond donors (Lipinski definition) is 0. The first-order valence-electron chi connectivity index (χ1n) is 20.6. The number of benzene rings is 7. The van der Waals surface area contributed by atoms with Crippen LogP contribution in [0.25, 0.3) is 83.9 Å². The molecule has 3 heterocycles. The maximum absolute atomic E-state index is 6.59. The zero-order valence-electron chi connectivity index (χ0n) is 34.6. The summed E-state index contributed by atoms with van der Waals surface area (Å²) in [7, 11) is 0. The van der Waals surface area contributed by atoms with Crippen molar-refractivity contribution in [2.24, 2.45) is 0 Å². The summed E-state index contributed by atoms with van der Waals surface area (Å²) in [5, 5.41) is 1.03. The molecule has 5 heteroatoms. The molecule has 0 N–H and O–H groups in total. The van der Waals surface area contributed by atoms with E-state index < -0.39 is 0 Å². The molecule has 3 aromatic heterocycles. The fourth-order valence-electron chi connectivity index (χ4n) is 7.91. The average Bonchev–Trinajstić information content (AvgIpc) is 3.92. The van der Waals surface area contributed by atoms with Gasteiger partial charge in [0.2, 0.25) is 0 Å². The molecule has 0 fully saturated rings. The van der Waals surface area contributed by atoms with Crippen LogP contribution in [0.2, 0.25) is 0 Å². The molecule has 301 valence electrons. The number of nitrogens with zero attached hydrogens (tertiary/aromatic N) is 3. The Morgan fingerprint density at radius 2 is 1.16 bits per heavy atom. The molecular formula is C56H45IrN3O-2. The largest absolute Gasteiger partial charge is 0.477 e. The van der Waals surface area contributed by atoms with Crippen LogP contribution >= 0.6 is 0 Å². The molecule has 7 aromatic carbocycles. The Labute approximate surface area is 372 Å². The van der Waals surface area contributed by atoms with Crippen LogP contribution in [-0.2, 0) is 20.1 Å². The summed E-state index contributed by atoms with van der Waals surface area (Å²) in [6, 6.07) is 69.6. The number of hydrogen-bond acceptors (Lipinski definition) is 3. The van der Waals surface area contributed by atoms with E-state index >= 15 is 0 Å². The summed E-state index contributed by atoms with van der Waals surface area (Å²) in [4.78, 5) is 9.56. The maximum Gasteiger partial charge on any atom is 0.123 e. The van der Waals surface area contributed by atoms with Crippen LogP contribution in [0.3, 0.4) is 0 Å². The molecule has 10 aromatic rings. The molecule has 0 bridgehead atoms. The molecule has 0 aliphatic rings. The molecule has 4 nitrogen and oxygen atoms in total. The molecule has 1 radical (unpaired) electrons. The van der Waals surface area contributed by atoms with Gasteiger partial charge in [-0.25, -0.2) is 0 Å². The van der Waals surface area contributed by atoms with Crippen LogP contribution in [0.4, 0.5) is 0 Å². The predicted octanol–water partition coefficient (Wildman–Crippen LogP) is 15.0. The first kappa shape index (κ1) is 41.1. The van der Waals surface area contributed by atoms with Crippen molar-refractivity contribution in [3.8, 4) is 61.9 Å².